The molecule has 0 fully saturated rings. The zero-order chi connectivity index (χ0) is 29.9. The Balaban J connectivity index is 1.29. The van der Waals surface area contributed by atoms with E-state index in [0.29, 0.717) is 5.95 Å². The van der Waals surface area contributed by atoms with Crippen molar-refractivity contribution < 1.29 is 4.42 Å². The quantitative estimate of drug-likeness (QED) is 0.192. The van der Waals surface area contributed by atoms with E-state index in [9.17, 15) is 0 Å². The number of rotatable bonds is 2. The summed E-state index contributed by atoms with van der Waals surface area (Å²) in [5, 5.41) is 9.45. The highest BCUT2D eigenvalue weighted by atomic mass is 32.1. The number of benzene rings is 6. The van der Waals surface area contributed by atoms with E-state index in [1.54, 1.807) is 11.3 Å². The standard InChI is InChI=1S/C40H21N3OS2/c1-5-16-29-26(12-1)34-30(21-20-25-23-11-3-7-18-32(23)45-38(25)34)43(29)40-41-36(35-27-13-4-8-19-33(27)46-39(35)42-40)28-15-9-14-24-22-10-2-6-17-31(22)44-37(24)28/h1-21H. The topological polar surface area (TPSA) is 43.9 Å². The molecule has 5 heterocycles. The molecule has 0 amide bonds. The fourth-order valence-corrected chi connectivity index (χ4v) is 9.62. The summed E-state index contributed by atoms with van der Waals surface area (Å²) in [6.45, 7) is 0. The zero-order valence-electron chi connectivity index (χ0n) is 24.2. The highest BCUT2D eigenvalue weighted by molar-refractivity contribution is 7.27. The minimum absolute atomic E-state index is 0.661. The van der Waals surface area contributed by atoms with Crippen LogP contribution in [-0.2, 0) is 0 Å². The lowest BCUT2D eigenvalue weighted by molar-refractivity contribution is 0.670. The van der Waals surface area contributed by atoms with Gasteiger partial charge in [-0.05, 0) is 36.4 Å². The number of hydrogen-bond acceptors (Lipinski definition) is 5. The molecule has 11 rings (SSSR count). The largest absolute Gasteiger partial charge is 0.455 e. The molecule has 0 atom stereocenters. The highest BCUT2D eigenvalue weighted by Crippen LogP contribution is 2.45. The van der Waals surface area contributed by atoms with Crippen LogP contribution in [0.4, 0.5) is 0 Å². The molecule has 214 valence electrons. The SMILES string of the molecule is c1ccc2c(c1)oc1c(-c3nc(-n4c5ccccc5c5c6sc7ccccc7c6ccc54)nc4sc5ccccc5c34)cccc12. The number of nitrogens with zero attached hydrogens (tertiary/aromatic N) is 3. The lowest BCUT2D eigenvalue weighted by Gasteiger charge is -2.10. The van der Waals surface area contributed by atoms with Crippen molar-refractivity contribution in [3.05, 3.63) is 127 Å². The molecule has 0 bridgehead atoms. The smallest absolute Gasteiger partial charge is 0.236 e. The van der Waals surface area contributed by atoms with Gasteiger partial charge >= 0.3 is 0 Å². The molecular weight excluding hydrogens is 603 g/mol. The first kappa shape index (κ1) is 24.7. The third-order valence-corrected chi connectivity index (χ3v) is 11.5. The van der Waals surface area contributed by atoms with Crippen LogP contribution < -0.4 is 0 Å². The second-order valence-corrected chi connectivity index (χ2v) is 13.8. The molecule has 0 radical (unpaired) electrons. The summed E-state index contributed by atoms with van der Waals surface area (Å²) in [6.07, 6.45) is 0. The molecule has 0 aliphatic heterocycles. The molecule has 0 saturated heterocycles. The van der Waals surface area contributed by atoms with Gasteiger partial charge in [-0.2, -0.15) is 0 Å². The van der Waals surface area contributed by atoms with E-state index in [1.807, 2.05) is 23.5 Å². The molecule has 0 aliphatic rings. The van der Waals surface area contributed by atoms with Crippen LogP contribution in [0.2, 0.25) is 0 Å². The van der Waals surface area contributed by atoms with Crippen LogP contribution in [0.5, 0.6) is 0 Å². The van der Waals surface area contributed by atoms with Gasteiger partial charge in [0.2, 0.25) is 5.95 Å². The molecule has 0 N–H and O–H groups in total. The van der Waals surface area contributed by atoms with Crippen LogP contribution in [0, 0.1) is 0 Å². The van der Waals surface area contributed by atoms with Crippen LogP contribution in [0.3, 0.4) is 0 Å². The van der Waals surface area contributed by atoms with Gasteiger partial charge in [0.05, 0.1) is 16.7 Å². The predicted octanol–water partition coefficient (Wildman–Crippen LogP) is 11.9. The van der Waals surface area contributed by atoms with Gasteiger partial charge in [0.15, 0.2) is 0 Å². The Kier molecular flexibility index (Phi) is 4.84. The lowest BCUT2D eigenvalue weighted by atomic mass is 10.0. The lowest BCUT2D eigenvalue weighted by Crippen LogP contribution is -2.02. The number of fused-ring (bicyclic) bond motifs is 13. The van der Waals surface area contributed by atoms with E-state index in [1.165, 1.54) is 35.6 Å². The molecule has 11 aromatic rings. The normalized spacial score (nSPS) is 12.3. The second kappa shape index (κ2) is 9.01. The summed E-state index contributed by atoms with van der Waals surface area (Å²) >= 11 is 3.57. The first-order valence-electron chi connectivity index (χ1n) is 15.3. The fraction of sp³-hybridized carbons (Fsp3) is 0. The van der Waals surface area contributed by atoms with E-state index in [2.05, 4.69) is 120 Å². The number of hydrogen-bond donors (Lipinski definition) is 0. The summed E-state index contributed by atoms with van der Waals surface area (Å²) in [4.78, 5) is 11.8. The summed E-state index contributed by atoms with van der Waals surface area (Å²) in [6, 6.07) is 45.0. The predicted molar refractivity (Wildman–Crippen MR) is 195 cm³/mol. The minimum Gasteiger partial charge on any atom is -0.455 e. The Morgan fingerprint density at radius 3 is 2.11 bits per heavy atom. The Labute approximate surface area is 269 Å². The van der Waals surface area contributed by atoms with Gasteiger partial charge < -0.3 is 4.42 Å². The van der Waals surface area contributed by atoms with Crippen molar-refractivity contribution in [2.75, 3.05) is 0 Å². The highest BCUT2D eigenvalue weighted by Gasteiger charge is 2.23. The Morgan fingerprint density at radius 1 is 0.500 bits per heavy atom. The summed E-state index contributed by atoms with van der Waals surface area (Å²) in [5.41, 5.74) is 5.78. The maximum absolute atomic E-state index is 6.56. The minimum atomic E-state index is 0.661. The Morgan fingerprint density at radius 2 is 1.22 bits per heavy atom. The average molecular weight is 624 g/mol. The first-order chi connectivity index (χ1) is 22.8. The van der Waals surface area contributed by atoms with E-state index in [-0.39, 0.29) is 0 Å². The van der Waals surface area contributed by atoms with Crippen LogP contribution in [0.1, 0.15) is 0 Å². The third kappa shape index (κ3) is 3.22. The van der Waals surface area contributed by atoms with Crippen molar-refractivity contribution >= 4 is 107 Å². The van der Waals surface area contributed by atoms with Crippen LogP contribution in [0.25, 0.3) is 101 Å². The Hall–Kier alpha value is -5.56. The van der Waals surface area contributed by atoms with Crippen molar-refractivity contribution in [2.24, 2.45) is 0 Å². The molecule has 0 spiro atoms. The van der Waals surface area contributed by atoms with Gasteiger partial charge in [-0.25, -0.2) is 9.97 Å². The van der Waals surface area contributed by atoms with Crippen molar-refractivity contribution in [1.82, 2.24) is 14.5 Å². The molecule has 0 saturated carbocycles. The number of para-hydroxylation sites is 3. The molecule has 6 aromatic carbocycles. The average Bonchev–Trinajstić information content (AvgIpc) is 3.86. The van der Waals surface area contributed by atoms with E-state index in [4.69, 9.17) is 14.4 Å². The molecule has 0 unspecified atom stereocenters. The van der Waals surface area contributed by atoms with Gasteiger partial charge in [0.1, 0.15) is 16.0 Å². The molecule has 46 heavy (non-hydrogen) atoms. The van der Waals surface area contributed by atoms with E-state index >= 15 is 0 Å². The summed E-state index contributed by atoms with van der Waals surface area (Å²) < 4.78 is 12.6. The van der Waals surface area contributed by atoms with Crippen LogP contribution in [-0.4, -0.2) is 14.5 Å². The van der Waals surface area contributed by atoms with Gasteiger partial charge in [0.25, 0.3) is 0 Å². The van der Waals surface area contributed by atoms with Gasteiger partial charge in [-0.1, -0.05) is 91.0 Å². The van der Waals surface area contributed by atoms with Gasteiger partial charge in [-0.3, -0.25) is 4.57 Å². The van der Waals surface area contributed by atoms with Crippen molar-refractivity contribution in [3.8, 4) is 17.2 Å². The van der Waals surface area contributed by atoms with Crippen molar-refractivity contribution in [3.63, 3.8) is 0 Å². The molecule has 0 aliphatic carbocycles. The number of thiophene rings is 2. The molecule has 5 aromatic heterocycles. The van der Waals surface area contributed by atoms with Gasteiger partial charge in [0, 0.05) is 62.8 Å². The first-order valence-corrected chi connectivity index (χ1v) is 16.9. The maximum Gasteiger partial charge on any atom is 0.236 e. The van der Waals surface area contributed by atoms with Crippen LogP contribution in [0.15, 0.2) is 132 Å². The monoisotopic (exact) mass is 623 g/mol. The van der Waals surface area contributed by atoms with Crippen molar-refractivity contribution in [2.45, 2.75) is 0 Å². The summed E-state index contributed by atoms with van der Waals surface area (Å²) in [7, 11) is 0. The van der Waals surface area contributed by atoms with Gasteiger partial charge in [-0.15, -0.1) is 22.7 Å². The van der Waals surface area contributed by atoms with E-state index < -0.39 is 0 Å². The Bertz CT molecular complexity index is 3050. The molecular formula is C40H21N3OS2. The summed E-state index contributed by atoms with van der Waals surface area (Å²) in [5.74, 6) is 0.661. The number of aromatic nitrogens is 3. The molecule has 4 nitrogen and oxygen atoms in total. The maximum atomic E-state index is 6.56. The zero-order valence-corrected chi connectivity index (χ0v) is 25.8. The second-order valence-electron chi connectivity index (χ2n) is 11.7. The fourth-order valence-electron chi connectivity index (χ4n) is 7.29. The van der Waals surface area contributed by atoms with Crippen molar-refractivity contribution in [1.29, 1.82) is 0 Å². The molecule has 6 heteroatoms. The van der Waals surface area contributed by atoms with Crippen LogP contribution >= 0.6 is 22.7 Å². The third-order valence-electron chi connectivity index (χ3n) is 9.27. The van der Waals surface area contributed by atoms with E-state index in [0.717, 1.165) is 59.8 Å². The number of furan rings is 1.